The van der Waals surface area contributed by atoms with Gasteiger partial charge in [0.2, 0.25) is 0 Å². The van der Waals surface area contributed by atoms with Crippen molar-refractivity contribution in [3.05, 3.63) is 12.2 Å². The Morgan fingerprint density at radius 1 is 1.33 bits per heavy atom. The molecule has 0 aromatic rings. The molecule has 0 rings (SSSR count). The number of allylic oxidation sites excluding steroid dienone is 2. The molecule has 12 heavy (non-hydrogen) atoms. The molecule has 0 unspecified atom stereocenters. The van der Waals surface area contributed by atoms with Crippen molar-refractivity contribution in [1.29, 1.82) is 0 Å². The summed E-state index contributed by atoms with van der Waals surface area (Å²) in [6, 6.07) is 0. The zero-order chi connectivity index (χ0) is 9.07. The minimum Gasteiger partial charge on any atom is -0.293 e. The summed E-state index contributed by atoms with van der Waals surface area (Å²) in [6.07, 6.45) is 9.09. The second kappa shape index (κ2) is 9.97. The van der Waals surface area contributed by atoms with Crippen LogP contribution >= 0.6 is 0 Å². The Labute approximate surface area is 75.6 Å². The summed E-state index contributed by atoms with van der Waals surface area (Å²) in [5.41, 5.74) is 0. The fourth-order valence-corrected chi connectivity index (χ4v) is 0.763. The summed E-state index contributed by atoms with van der Waals surface area (Å²) < 4.78 is 0. The van der Waals surface area contributed by atoms with E-state index in [1.807, 2.05) is 32.2 Å². The Hall–Kier alpha value is -1.03. The minimum atomic E-state index is 0.926. The van der Waals surface area contributed by atoms with Gasteiger partial charge in [0.1, 0.15) is 0 Å². The highest BCUT2D eigenvalue weighted by atomic mass is 14.7. The lowest BCUT2D eigenvalue weighted by Gasteiger charge is -1.89. The number of hydrogen-bond acceptors (Lipinski definition) is 1. The Kier molecular flexibility index (Phi) is 9.11. The van der Waals surface area contributed by atoms with Gasteiger partial charge in [0.25, 0.3) is 0 Å². The SMILES string of the molecule is CC#CCCCCN=C/C=C/C. The van der Waals surface area contributed by atoms with E-state index in [9.17, 15) is 0 Å². The predicted octanol–water partition coefficient (Wildman–Crippen LogP) is 2.83. The maximum Gasteiger partial charge on any atom is 0.0389 e. The van der Waals surface area contributed by atoms with Crippen LogP contribution < -0.4 is 0 Å². The molecule has 0 N–H and O–H groups in total. The van der Waals surface area contributed by atoms with E-state index in [0.717, 1.165) is 25.8 Å². The average Bonchev–Trinajstić information content (AvgIpc) is 2.10. The molecule has 0 atom stereocenters. The minimum absolute atomic E-state index is 0.926. The summed E-state index contributed by atoms with van der Waals surface area (Å²) in [5, 5.41) is 0. The van der Waals surface area contributed by atoms with Crippen LogP contribution in [-0.2, 0) is 0 Å². The molecular formula is C11H17N. The van der Waals surface area contributed by atoms with Crippen LogP contribution in [0.3, 0.4) is 0 Å². The van der Waals surface area contributed by atoms with Gasteiger partial charge >= 0.3 is 0 Å². The van der Waals surface area contributed by atoms with Crippen molar-refractivity contribution in [1.82, 2.24) is 0 Å². The van der Waals surface area contributed by atoms with Crippen LogP contribution in [0.5, 0.6) is 0 Å². The highest BCUT2D eigenvalue weighted by molar-refractivity contribution is 5.70. The van der Waals surface area contributed by atoms with E-state index in [1.165, 1.54) is 0 Å². The van der Waals surface area contributed by atoms with Crippen LogP contribution in [-0.4, -0.2) is 12.8 Å². The van der Waals surface area contributed by atoms with Crippen LogP contribution in [0.2, 0.25) is 0 Å². The fourth-order valence-electron chi connectivity index (χ4n) is 0.763. The Morgan fingerprint density at radius 3 is 2.83 bits per heavy atom. The smallest absolute Gasteiger partial charge is 0.0389 e. The second-order valence-electron chi connectivity index (χ2n) is 2.46. The van der Waals surface area contributed by atoms with Crippen molar-refractivity contribution < 1.29 is 0 Å². The van der Waals surface area contributed by atoms with Crippen molar-refractivity contribution in [3.8, 4) is 11.8 Å². The highest BCUT2D eigenvalue weighted by Gasteiger charge is 1.81. The van der Waals surface area contributed by atoms with Gasteiger partial charge in [-0.15, -0.1) is 11.8 Å². The number of aliphatic imine (C=N–C) groups is 1. The molecule has 0 amide bonds. The molecule has 1 heteroatoms. The maximum absolute atomic E-state index is 4.20. The van der Waals surface area contributed by atoms with E-state index in [-0.39, 0.29) is 0 Å². The molecule has 0 aromatic carbocycles. The summed E-state index contributed by atoms with van der Waals surface area (Å²) in [5.74, 6) is 5.91. The number of hydrogen-bond donors (Lipinski definition) is 0. The van der Waals surface area contributed by atoms with Crippen molar-refractivity contribution in [3.63, 3.8) is 0 Å². The average molecular weight is 163 g/mol. The predicted molar refractivity (Wildman–Crippen MR) is 55.5 cm³/mol. The van der Waals surface area contributed by atoms with E-state index in [1.54, 1.807) is 0 Å². The van der Waals surface area contributed by atoms with Crippen LogP contribution in [0.1, 0.15) is 33.1 Å². The maximum atomic E-state index is 4.20. The Morgan fingerprint density at radius 2 is 2.17 bits per heavy atom. The largest absolute Gasteiger partial charge is 0.293 e. The molecule has 0 heterocycles. The zero-order valence-corrected chi connectivity index (χ0v) is 8.01. The molecule has 0 aromatic heterocycles. The van der Waals surface area contributed by atoms with E-state index in [0.29, 0.717) is 0 Å². The number of rotatable bonds is 5. The van der Waals surface area contributed by atoms with Crippen molar-refractivity contribution >= 4 is 6.21 Å². The molecule has 0 fully saturated rings. The number of unbranched alkanes of at least 4 members (excludes halogenated alkanes) is 2. The van der Waals surface area contributed by atoms with Crippen LogP contribution in [0.25, 0.3) is 0 Å². The van der Waals surface area contributed by atoms with Crippen LogP contribution in [0.15, 0.2) is 17.1 Å². The molecular weight excluding hydrogens is 146 g/mol. The molecule has 66 valence electrons. The molecule has 0 aliphatic heterocycles. The summed E-state index contributed by atoms with van der Waals surface area (Å²) >= 11 is 0. The van der Waals surface area contributed by atoms with Gasteiger partial charge in [-0.3, -0.25) is 4.99 Å². The third-order valence-corrected chi connectivity index (χ3v) is 1.40. The molecule has 0 bridgehead atoms. The summed E-state index contributed by atoms with van der Waals surface area (Å²) in [6.45, 7) is 4.79. The van der Waals surface area contributed by atoms with Gasteiger partial charge in [0.15, 0.2) is 0 Å². The first kappa shape index (κ1) is 11.0. The first-order valence-electron chi connectivity index (χ1n) is 4.42. The van der Waals surface area contributed by atoms with Crippen molar-refractivity contribution in [2.24, 2.45) is 4.99 Å². The van der Waals surface area contributed by atoms with E-state index >= 15 is 0 Å². The van der Waals surface area contributed by atoms with E-state index < -0.39 is 0 Å². The van der Waals surface area contributed by atoms with Crippen molar-refractivity contribution in [2.45, 2.75) is 33.1 Å². The van der Waals surface area contributed by atoms with Gasteiger partial charge < -0.3 is 0 Å². The molecule has 0 radical (unpaired) electrons. The summed E-state index contributed by atoms with van der Waals surface area (Å²) in [7, 11) is 0. The molecule has 0 aliphatic carbocycles. The fraction of sp³-hybridized carbons (Fsp3) is 0.545. The number of nitrogens with zero attached hydrogens (tertiary/aromatic N) is 1. The van der Waals surface area contributed by atoms with Gasteiger partial charge in [-0.2, -0.15) is 0 Å². The molecule has 0 saturated heterocycles. The van der Waals surface area contributed by atoms with Gasteiger partial charge in [-0.1, -0.05) is 6.08 Å². The van der Waals surface area contributed by atoms with Crippen molar-refractivity contribution in [2.75, 3.05) is 6.54 Å². The molecule has 0 spiro atoms. The van der Waals surface area contributed by atoms with Gasteiger partial charge in [0, 0.05) is 19.2 Å². The standard InChI is InChI=1S/C11H17N/c1-3-5-7-8-9-11-12-10-6-4-2/h4,6,10H,7-9,11H2,1-2H3/b6-4+,12-10?. The van der Waals surface area contributed by atoms with Crippen LogP contribution in [0, 0.1) is 11.8 Å². The third-order valence-electron chi connectivity index (χ3n) is 1.40. The van der Waals surface area contributed by atoms with Gasteiger partial charge in [0.05, 0.1) is 0 Å². The summed E-state index contributed by atoms with van der Waals surface area (Å²) in [4.78, 5) is 4.20. The highest BCUT2D eigenvalue weighted by Crippen LogP contribution is 1.93. The molecule has 0 aliphatic rings. The topological polar surface area (TPSA) is 12.4 Å². The van der Waals surface area contributed by atoms with Gasteiger partial charge in [-0.25, -0.2) is 0 Å². The quantitative estimate of drug-likeness (QED) is 0.336. The lowest BCUT2D eigenvalue weighted by molar-refractivity contribution is 0.770. The lowest BCUT2D eigenvalue weighted by atomic mass is 10.2. The van der Waals surface area contributed by atoms with E-state index in [4.69, 9.17) is 0 Å². The lowest BCUT2D eigenvalue weighted by Crippen LogP contribution is -1.80. The zero-order valence-electron chi connectivity index (χ0n) is 8.01. The third kappa shape index (κ3) is 8.97. The molecule has 1 nitrogen and oxygen atoms in total. The first-order chi connectivity index (χ1) is 5.91. The monoisotopic (exact) mass is 163 g/mol. The van der Waals surface area contributed by atoms with Crippen LogP contribution in [0.4, 0.5) is 0 Å². The second-order valence-corrected chi connectivity index (χ2v) is 2.46. The molecule has 0 saturated carbocycles. The Bertz CT molecular complexity index is 191. The normalized spacial score (nSPS) is 10.5. The first-order valence-corrected chi connectivity index (χ1v) is 4.42. The van der Waals surface area contributed by atoms with E-state index in [2.05, 4.69) is 16.8 Å². The van der Waals surface area contributed by atoms with Gasteiger partial charge in [-0.05, 0) is 32.8 Å². The Balaban J connectivity index is 3.13.